The normalized spacial score (nSPS) is 10.6. The zero-order chi connectivity index (χ0) is 72.0. The highest BCUT2D eigenvalue weighted by Gasteiger charge is 2.29. The van der Waals surface area contributed by atoms with Crippen LogP contribution in [0.1, 0.15) is 174 Å². The van der Waals surface area contributed by atoms with Crippen molar-refractivity contribution in [1.82, 2.24) is 39.0 Å². The highest BCUT2D eigenvalue weighted by atomic mass is 19.2. The van der Waals surface area contributed by atoms with Crippen LogP contribution in [-0.2, 0) is 19.6 Å². The van der Waals surface area contributed by atoms with E-state index in [4.69, 9.17) is 15.7 Å². The Morgan fingerprint density at radius 2 is 0.948 bits per heavy atom. The van der Waals surface area contributed by atoms with Crippen molar-refractivity contribution in [2.75, 3.05) is 18.2 Å². The Kier molecular flexibility index (Phi) is 24.1. The summed E-state index contributed by atoms with van der Waals surface area (Å²) in [7, 11) is 1.54. The molecule has 0 unspecified atom stereocenters. The lowest BCUT2D eigenvalue weighted by Crippen LogP contribution is -2.38. The van der Waals surface area contributed by atoms with Crippen molar-refractivity contribution in [3.8, 4) is 36.8 Å². The predicted octanol–water partition coefficient (Wildman–Crippen LogP) is 8.64. The van der Waals surface area contributed by atoms with Gasteiger partial charge in [0.05, 0.1) is 60.8 Å². The number of halogens is 4. The summed E-state index contributed by atoms with van der Waals surface area (Å²) in [5.41, 5.74) is 3.76. The zero-order valence-corrected chi connectivity index (χ0v) is 54.0. The van der Waals surface area contributed by atoms with Gasteiger partial charge in [0.2, 0.25) is 17.3 Å². The number of carbonyl (C=O) groups excluding carboxylic acids is 3. The molecule has 0 aliphatic carbocycles. The number of H-pyrrole nitrogens is 4. The number of hydrogen-bond donors (Lipinski definition) is 6. The van der Waals surface area contributed by atoms with E-state index in [1.807, 2.05) is 18.2 Å². The fraction of sp³-hybridized carbons (Fsp3) is 0.229. The van der Waals surface area contributed by atoms with Crippen LogP contribution in [0, 0.1) is 91.1 Å². The van der Waals surface area contributed by atoms with E-state index in [0.717, 1.165) is 26.3 Å². The van der Waals surface area contributed by atoms with Gasteiger partial charge in [0.15, 0.2) is 11.6 Å². The van der Waals surface area contributed by atoms with Crippen LogP contribution >= 0.6 is 0 Å². The Morgan fingerprint density at radius 1 is 0.557 bits per heavy atom. The molecule has 97 heavy (non-hydrogen) atoms. The molecule has 0 fully saturated rings. The first-order chi connectivity index (χ1) is 45.9. The zero-order valence-electron chi connectivity index (χ0n) is 54.0. The molecule has 0 bridgehead atoms. The van der Waals surface area contributed by atoms with Crippen LogP contribution in [0.4, 0.5) is 29.2 Å². The second kappa shape index (κ2) is 31.8. The first kappa shape index (κ1) is 73.4. The summed E-state index contributed by atoms with van der Waals surface area (Å²) >= 11 is 0. The highest BCUT2D eigenvalue weighted by Crippen LogP contribution is 2.26. The summed E-state index contributed by atoms with van der Waals surface area (Å²) in [5.74, 6) is -8.26. The third-order valence-corrected chi connectivity index (χ3v) is 14.5. The molecule has 0 aliphatic heterocycles. The number of nitriles is 3. The first-order valence-corrected chi connectivity index (χ1v) is 29.3. The number of methoxy groups -OCH3 is 1. The number of terminal acetylenes is 1. The number of pyridine rings is 2. The molecule has 23 nitrogen and oxygen atoms in total. The number of benzene rings is 4. The van der Waals surface area contributed by atoms with E-state index in [0.29, 0.717) is 22.4 Å². The molecular weight excluding hydrogens is 1260 g/mol. The largest absolute Gasteiger partial charge is 0.497 e. The molecule has 9 aromatic rings. The van der Waals surface area contributed by atoms with Gasteiger partial charge in [-0.2, -0.15) is 24.6 Å². The third-order valence-electron chi connectivity index (χ3n) is 14.5. The molecule has 0 spiro atoms. The average molecular weight is 1320 g/mol. The average Bonchev–Trinajstić information content (AvgIpc) is 0.701. The standard InChI is InChI=1S/C30H27F2N5O4.C22H19F2N5O3.C16H15N3O3.C2H2/c1-16(2)24-26(27(38)20-10-17(3)9-19(11-20)13-33)37(30(40)36-29(24)39)15-21-12-23(35-28(32)25(21)31)34-14-18-5-7-22(41-4)8-6-18;1-10(2)16-18(19(30)13-5-11(3)4-12(6-13)8-25)29(22(32)28-21(16)31)9-14-7-15(26)27-20(24)17(14)23;1-8(2)12-13(18-16(22)19-15(12)21)14(20)11-5-9(3)4-10(6-11)7-17;1-2/h5-12,16H,14-15H2,1-4H3,(H,34,35)(H,36,39,40);4-7,10H,9H2,1-3H3,(H2,26,27)(H,28,31,32);4-6,8H,1-3H3,(H2,18,19,21,22);1-2H. The topological polar surface area (TPSA) is 371 Å². The summed E-state index contributed by atoms with van der Waals surface area (Å²) in [5, 5.41) is 30.5. The van der Waals surface area contributed by atoms with Crippen molar-refractivity contribution in [3.05, 3.63) is 278 Å². The fourth-order valence-electron chi connectivity index (χ4n) is 10.3. The van der Waals surface area contributed by atoms with E-state index >= 15 is 4.39 Å². The number of ether oxygens (including phenoxy) is 1. The lowest BCUT2D eigenvalue weighted by molar-refractivity contribution is 0.101. The Labute approximate surface area is 550 Å². The van der Waals surface area contributed by atoms with Crippen molar-refractivity contribution in [1.29, 1.82) is 15.8 Å². The summed E-state index contributed by atoms with van der Waals surface area (Å²) < 4.78 is 64.6. The number of aromatic amines is 4. The third kappa shape index (κ3) is 17.4. The van der Waals surface area contributed by atoms with Gasteiger partial charge < -0.3 is 20.8 Å². The highest BCUT2D eigenvalue weighted by molar-refractivity contribution is 6.10. The van der Waals surface area contributed by atoms with Crippen LogP contribution in [0.25, 0.3) is 0 Å². The van der Waals surface area contributed by atoms with Gasteiger partial charge >= 0.3 is 17.1 Å². The van der Waals surface area contributed by atoms with Crippen LogP contribution in [0.3, 0.4) is 0 Å². The molecule has 0 atom stereocenters. The minimum absolute atomic E-state index is 0.00139. The Morgan fingerprint density at radius 3 is 1.35 bits per heavy atom. The summed E-state index contributed by atoms with van der Waals surface area (Å²) in [6, 6.07) is 28.9. The van der Waals surface area contributed by atoms with Crippen molar-refractivity contribution < 1.29 is 36.7 Å². The number of ketones is 3. The van der Waals surface area contributed by atoms with E-state index in [1.165, 1.54) is 36.4 Å². The Balaban J connectivity index is 0.000000237. The SMILES string of the molecule is C#C.COc1ccc(CNc2cc(Cn3c(C(=O)c4cc(C)cc(C#N)c4)c(C(C)C)c(=O)[nH]c3=O)c(F)c(F)n2)cc1.Cc1cc(C#N)cc(C(=O)c2[nH]c(=O)[nH]c(=O)c2C(C)C)c1.Cc1cc(C#N)cc(C(=O)c2c(C(C)C)c(=O)[nH]c(=O)n2Cc2cc(N)nc(F)c2F)c1. The lowest BCUT2D eigenvalue weighted by atomic mass is 9.95. The van der Waals surface area contributed by atoms with Gasteiger partial charge in [-0.25, -0.2) is 33.1 Å². The quantitative estimate of drug-likeness (QED) is 0.0215. The number of nitrogens with one attached hydrogen (secondary N) is 5. The van der Waals surface area contributed by atoms with Crippen molar-refractivity contribution in [2.45, 2.75) is 99.7 Å². The molecule has 27 heteroatoms. The minimum atomic E-state index is -1.45. The molecule has 496 valence electrons. The summed E-state index contributed by atoms with van der Waals surface area (Å²) in [4.78, 5) is 130. The molecule has 0 aliphatic rings. The van der Waals surface area contributed by atoms with Crippen molar-refractivity contribution in [3.63, 3.8) is 0 Å². The van der Waals surface area contributed by atoms with Crippen LogP contribution < -0.4 is 49.5 Å². The van der Waals surface area contributed by atoms with Crippen LogP contribution in [0.15, 0.2) is 120 Å². The molecule has 0 saturated carbocycles. The molecule has 0 saturated heterocycles. The molecule has 5 heterocycles. The van der Waals surface area contributed by atoms with Gasteiger partial charge in [0.25, 0.3) is 28.6 Å². The van der Waals surface area contributed by atoms with Gasteiger partial charge in [-0.05, 0) is 140 Å². The molecule has 0 amide bonds. The van der Waals surface area contributed by atoms with Crippen LogP contribution in [0.5, 0.6) is 5.75 Å². The predicted molar refractivity (Wildman–Crippen MR) is 352 cm³/mol. The lowest BCUT2D eigenvalue weighted by Gasteiger charge is -2.18. The minimum Gasteiger partial charge on any atom is -0.497 e. The van der Waals surface area contributed by atoms with E-state index < -0.39 is 99.6 Å². The summed E-state index contributed by atoms with van der Waals surface area (Å²) in [6.45, 7) is 14.4. The molecule has 4 aromatic carbocycles. The maximum atomic E-state index is 15.0. The Hall–Kier alpha value is -12.6. The number of nitrogens with two attached hydrogens (primary N) is 1. The van der Waals surface area contributed by atoms with Gasteiger partial charge in [0, 0.05) is 51.1 Å². The summed E-state index contributed by atoms with van der Waals surface area (Å²) in [6.07, 6.45) is 8.00. The van der Waals surface area contributed by atoms with E-state index in [1.54, 1.807) is 118 Å². The molecule has 5 aromatic heterocycles. The first-order valence-electron chi connectivity index (χ1n) is 29.3. The number of nitrogen functional groups attached to an aromatic ring is 1. The van der Waals surface area contributed by atoms with Crippen LogP contribution in [0.2, 0.25) is 0 Å². The number of anilines is 2. The number of aromatic nitrogens is 8. The van der Waals surface area contributed by atoms with E-state index in [9.17, 15) is 66.8 Å². The maximum absolute atomic E-state index is 15.0. The fourth-order valence-corrected chi connectivity index (χ4v) is 10.3. The maximum Gasteiger partial charge on any atom is 0.329 e. The Bertz CT molecular complexity index is 5120. The number of rotatable bonds is 17. The van der Waals surface area contributed by atoms with Crippen molar-refractivity contribution in [2.24, 2.45) is 0 Å². The van der Waals surface area contributed by atoms with Gasteiger partial charge in [-0.15, -0.1) is 12.8 Å². The van der Waals surface area contributed by atoms with E-state index in [-0.39, 0.29) is 96.8 Å². The number of hydrogen-bond acceptors (Lipinski definition) is 17. The monoisotopic (exact) mass is 1320 g/mol. The number of aryl methyl sites for hydroxylation is 3. The smallest absolute Gasteiger partial charge is 0.329 e. The molecular formula is C70H63F4N13O10. The van der Waals surface area contributed by atoms with Gasteiger partial charge in [-0.3, -0.25) is 52.9 Å². The van der Waals surface area contributed by atoms with E-state index in [2.05, 4.69) is 48.1 Å². The second-order valence-electron chi connectivity index (χ2n) is 22.7. The molecule has 7 N–H and O–H groups in total. The van der Waals surface area contributed by atoms with Gasteiger partial charge in [-0.1, -0.05) is 53.7 Å². The van der Waals surface area contributed by atoms with Crippen molar-refractivity contribution >= 4 is 29.0 Å². The molecule has 9 rings (SSSR count). The number of carbonyl (C=O) groups is 3. The van der Waals surface area contributed by atoms with Gasteiger partial charge in [0.1, 0.15) is 28.8 Å². The number of nitrogens with zero attached hydrogens (tertiary/aromatic N) is 7. The van der Waals surface area contributed by atoms with Crippen LogP contribution in [-0.4, -0.2) is 63.5 Å². The molecule has 0 radical (unpaired) electrons. The second-order valence-corrected chi connectivity index (χ2v) is 22.7.